The summed E-state index contributed by atoms with van der Waals surface area (Å²) in [4.78, 5) is 12.5. The van der Waals surface area contributed by atoms with Gasteiger partial charge in [-0.1, -0.05) is 54.6 Å². The number of urea groups is 1. The summed E-state index contributed by atoms with van der Waals surface area (Å²) in [6.07, 6.45) is 2.87. The van der Waals surface area contributed by atoms with Crippen molar-refractivity contribution in [3.05, 3.63) is 71.3 Å². The van der Waals surface area contributed by atoms with Gasteiger partial charge in [0.05, 0.1) is 6.10 Å². The van der Waals surface area contributed by atoms with Crippen LogP contribution in [0, 0.1) is 5.92 Å². The molecule has 0 aromatic heterocycles. The molecule has 0 unspecified atom stereocenters. The van der Waals surface area contributed by atoms with E-state index in [0.717, 1.165) is 19.3 Å². The van der Waals surface area contributed by atoms with Crippen LogP contribution < -0.4 is 10.6 Å². The van der Waals surface area contributed by atoms with Crippen LogP contribution >= 0.6 is 0 Å². The van der Waals surface area contributed by atoms with E-state index in [4.69, 9.17) is 4.74 Å². The van der Waals surface area contributed by atoms with Crippen molar-refractivity contribution in [2.45, 2.75) is 43.4 Å². The molecule has 5 atom stereocenters. The third-order valence-corrected chi connectivity index (χ3v) is 6.13. The number of nitrogens with one attached hydrogen (secondary N) is 2. The van der Waals surface area contributed by atoms with Crippen molar-refractivity contribution >= 4 is 6.03 Å². The van der Waals surface area contributed by atoms with Gasteiger partial charge in [0.15, 0.2) is 0 Å². The lowest BCUT2D eigenvalue weighted by molar-refractivity contribution is 0.00225. The summed E-state index contributed by atoms with van der Waals surface area (Å²) in [7, 11) is 0. The molecule has 1 saturated carbocycles. The van der Waals surface area contributed by atoms with E-state index in [2.05, 4.69) is 47.0 Å². The Bertz CT molecular complexity index is 807. The molecule has 5 rings (SSSR count). The molecular weight excluding hydrogens is 324 g/mol. The maximum Gasteiger partial charge on any atom is 0.315 e. The van der Waals surface area contributed by atoms with Crippen LogP contribution in [0.5, 0.6) is 0 Å². The molecular formula is C22H24N2O2. The van der Waals surface area contributed by atoms with Crippen LogP contribution in [0.4, 0.5) is 4.79 Å². The molecule has 4 heteroatoms. The average molecular weight is 348 g/mol. The van der Waals surface area contributed by atoms with Crippen molar-refractivity contribution in [2.75, 3.05) is 6.61 Å². The zero-order chi connectivity index (χ0) is 17.5. The molecule has 3 aliphatic rings. The van der Waals surface area contributed by atoms with E-state index in [0.29, 0.717) is 24.5 Å². The molecule has 2 fully saturated rings. The minimum atomic E-state index is -0.0272. The highest BCUT2D eigenvalue weighted by molar-refractivity contribution is 5.75. The van der Waals surface area contributed by atoms with Crippen LogP contribution in [-0.2, 0) is 11.2 Å². The first-order valence-corrected chi connectivity index (χ1v) is 9.61. The molecule has 2 N–H and O–H groups in total. The van der Waals surface area contributed by atoms with E-state index >= 15 is 0 Å². The van der Waals surface area contributed by atoms with Crippen molar-refractivity contribution in [1.82, 2.24) is 10.6 Å². The van der Waals surface area contributed by atoms with Gasteiger partial charge in [0.2, 0.25) is 0 Å². The molecule has 2 aromatic rings. The predicted molar refractivity (Wildman–Crippen MR) is 100.0 cm³/mol. The lowest BCUT2D eigenvalue weighted by Gasteiger charge is -2.30. The summed E-state index contributed by atoms with van der Waals surface area (Å²) in [5.74, 6) is 1.11. The van der Waals surface area contributed by atoms with Crippen LogP contribution in [-0.4, -0.2) is 24.7 Å². The minimum Gasteiger partial charge on any atom is -0.373 e. The van der Waals surface area contributed by atoms with Gasteiger partial charge in [0, 0.05) is 24.6 Å². The minimum absolute atomic E-state index is 0.0272. The van der Waals surface area contributed by atoms with Gasteiger partial charge in [-0.15, -0.1) is 0 Å². The van der Waals surface area contributed by atoms with Crippen molar-refractivity contribution in [3.8, 4) is 0 Å². The monoisotopic (exact) mass is 348 g/mol. The summed E-state index contributed by atoms with van der Waals surface area (Å²) in [6, 6.07) is 19.3. The first kappa shape index (κ1) is 15.9. The van der Waals surface area contributed by atoms with Crippen LogP contribution in [0.1, 0.15) is 41.6 Å². The lowest BCUT2D eigenvalue weighted by Crippen LogP contribution is -2.46. The van der Waals surface area contributed by atoms with E-state index in [1.807, 2.05) is 18.2 Å². The van der Waals surface area contributed by atoms with Crippen LogP contribution in [0.2, 0.25) is 0 Å². The van der Waals surface area contributed by atoms with Gasteiger partial charge in [-0.2, -0.15) is 0 Å². The summed E-state index contributed by atoms with van der Waals surface area (Å²) in [6.45, 7) is 0.687. The van der Waals surface area contributed by atoms with E-state index in [9.17, 15) is 4.79 Å². The summed E-state index contributed by atoms with van der Waals surface area (Å²) in [5, 5.41) is 6.38. The SMILES string of the molecule is O=C(N[C@@H]1CCO[C@H](c2ccccc2)C1)N[C@@H]1[C@H]2Cc3ccccc3[C@H]21. The highest BCUT2D eigenvalue weighted by Gasteiger charge is 2.56. The first-order chi connectivity index (χ1) is 12.8. The predicted octanol–water partition coefficient (Wildman–Crippen LogP) is 3.54. The number of amides is 2. The molecule has 2 aromatic carbocycles. The smallest absolute Gasteiger partial charge is 0.315 e. The van der Waals surface area contributed by atoms with E-state index in [-0.39, 0.29) is 18.2 Å². The Morgan fingerprint density at radius 1 is 1.00 bits per heavy atom. The Kier molecular flexibility index (Phi) is 3.93. The number of hydrogen-bond acceptors (Lipinski definition) is 2. The second kappa shape index (κ2) is 6.44. The third-order valence-electron chi connectivity index (χ3n) is 6.13. The van der Waals surface area contributed by atoms with Gasteiger partial charge >= 0.3 is 6.03 Å². The van der Waals surface area contributed by atoms with Crippen LogP contribution in [0.3, 0.4) is 0 Å². The van der Waals surface area contributed by atoms with Crippen molar-refractivity contribution in [3.63, 3.8) is 0 Å². The molecule has 4 nitrogen and oxygen atoms in total. The quantitative estimate of drug-likeness (QED) is 0.891. The number of fused-ring (bicyclic) bond motifs is 3. The zero-order valence-electron chi connectivity index (χ0n) is 14.7. The Labute approximate surface area is 153 Å². The Balaban J connectivity index is 1.16. The Morgan fingerprint density at radius 2 is 1.81 bits per heavy atom. The molecule has 1 heterocycles. The summed E-state index contributed by atoms with van der Waals surface area (Å²) in [5.41, 5.74) is 4.07. The Morgan fingerprint density at radius 3 is 2.69 bits per heavy atom. The first-order valence-electron chi connectivity index (χ1n) is 9.61. The fraction of sp³-hybridized carbons (Fsp3) is 0.409. The molecule has 1 saturated heterocycles. The fourth-order valence-corrected chi connectivity index (χ4v) is 4.75. The number of rotatable bonds is 3. The van der Waals surface area contributed by atoms with Gasteiger partial charge in [-0.05, 0) is 41.9 Å². The average Bonchev–Trinajstić information content (AvgIpc) is 3.18. The van der Waals surface area contributed by atoms with Gasteiger partial charge < -0.3 is 15.4 Å². The number of benzene rings is 2. The van der Waals surface area contributed by atoms with Crippen LogP contribution in [0.25, 0.3) is 0 Å². The molecule has 2 amide bonds. The molecule has 0 bridgehead atoms. The molecule has 1 aliphatic heterocycles. The lowest BCUT2D eigenvalue weighted by atomic mass is 9.97. The molecule has 134 valence electrons. The number of carbonyl (C=O) groups excluding carboxylic acids is 1. The number of carbonyl (C=O) groups is 1. The largest absolute Gasteiger partial charge is 0.373 e. The number of hydrogen-bond donors (Lipinski definition) is 2. The standard InChI is InChI=1S/C22H24N2O2/c25-22(24-21-18-12-15-8-4-5-9-17(15)20(18)21)23-16-10-11-26-19(13-16)14-6-2-1-3-7-14/h1-9,16,18-21H,10-13H2,(H2,23,24,25)/t16-,18+,19+,20-,21-/m1/s1. The maximum absolute atomic E-state index is 12.5. The zero-order valence-corrected chi connectivity index (χ0v) is 14.7. The van der Waals surface area contributed by atoms with Crippen molar-refractivity contribution < 1.29 is 9.53 Å². The highest BCUT2D eigenvalue weighted by atomic mass is 16.5. The fourth-order valence-electron chi connectivity index (χ4n) is 4.75. The maximum atomic E-state index is 12.5. The van der Waals surface area contributed by atoms with E-state index in [1.54, 1.807) is 0 Å². The number of ether oxygens (including phenoxy) is 1. The van der Waals surface area contributed by atoms with Crippen molar-refractivity contribution in [2.24, 2.45) is 5.92 Å². The second-order valence-electron chi connectivity index (χ2n) is 7.73. The van der Waals surface area contributed by atoms with Gasteiger partial charge in [0.25, 0.3) is 0 Å². The summed E-state index contributed by atoms with van der Waals surface area (Å²) < 4.78 is 5.90. The normalized spacial score (nSPS) is 31.6. The van der Waals surface area contributed by atoms with Crippen LogP contribution in [0.15, 0.2) is 54.6 Å². The van der Waals surface area contributed by atoms with Gasteiger partial charge in [0.1, 0.15) is 0 Å². The third kappa shape index (κ3) is 2.88. The van der Waals surface area contributed by atoms with Gasteiger partial charge in [-0.25, -0.2) is 4.79 Å². The van der Waals surface area contributed by atoms with E-state index in [1.165, 1.54) is 16.7 Å². The second-order valence-corrected chi connectivity index (χ2v) is 7.73. The van der Waals surface area contributed by atoms with Gasteiger partial charge in [-0.3, -0.25) is 0 Å². The van der Waals surface area contributed by atoms with E-state index < -0.39 is 0 Å². The molecule has 0 spiro atoms. The van der Waals surface area contributed by atoms with Crippen molar-refractivity contribution in [1.29, 1.82) is 0 Å². The topological polar surface area (TPSA) is 50.4 Å². The highest BCUT2D eigenvalue weighted by Crippen LogP contribution is 2.56. The molecule has 2 aliphatic carbocycles. The molecule has 26 heavy (non-hydrogen) atoms. The molecule has 0 radical (unpaired) electrons. The Hall–Kier alpha value is -2.33. The summed E-state index contributed by atoms with van der Waals surface area (Å²) >= 11 is 0.